The van der Waals surface area contributed by atoms with Gasteiger partial charge in [0, 0.05) is 5.69 Å². The van der Waals surface area contributed by atoms with Crippen LogP contribution >= 0.6 is 0 Å². The second-order valence-corrected chi connectivity index (χ2v) is 5.02. The summed E-state index contributed by atoms with van der Waals surface area (Å²) in [7, 11) is 0. The minimum atomic E-state index is -0.731. The zero-order valence-electron chi connectivity index (χ0n) is 12.7. The fourth-order valence-electron chi connectivity index (χ4n) is 1.85. The number of carbonyl (C=O) groups is 2. The molecule has 0 saturated heterocycles. The van der Waals surface area contributed by atoms with Gasteiger partial charge in [-0.2, -0.15) is 0 Å². The molecule has 1 rings (SSSR count). The molecule has 0 bridgehead atoms. The third-order valence-electron chi connectivity index (χ3n) is 3.29. The highest BCUT2D eigenvalue weighted by molar-refractivity contribution is 6.39. The second kappa shape index (κ2) is 9.13. The van der Waals surface area contributed by atoms with Crippen LogP contribution in [0.1, 0.15) is 38.7 Å². The van der Waals surface area contributed by atoms with Crippen LogP contribution in [-0.2, 0) is 16.0 Å². The predicted octanol–water partition coefficient (Wildman–Crippen LogP) is 1.85. The molecule has 21 heavy (non-hydrogen) atoms. The monoisotopic (exact) mass is 292 g/mol. The summed E-state index contributed by atoms with van der Waals surface area (Å²) < 4.78 is 0. The van der Waals surface area contributed by atoms with E-state index in [0.29, 0.717) is 12.1 Å². The minimum Gasteiger partial charge on any atom is -0.394 e. The molecule has 5 nitrogen and oxygen atoms in total. The van der Waals surface area contributed by atoms with Crippen LogP contribution in [-0.4, -0.2) is 29.6 Å². The molecule has 3 N–H and O–H groups in total. The summed E-state index contributed by atoms with van der Waals surface area (Å²) >= 11 is 0. The number of hydrogen-bond donors (Lipinski definition) is 3. The molecule has 0 aliphatic rings. The Kier molecular flexibility index (Phi) is 7.46. The first kappa shape index (κ1) is 17.2. The summed E-state index contributed by atoms with van der Waals surface area (Å²) in [6.45, 7) is 3.79. The third-order valence-corrected chi connectivity index (χ3v) is 3.29. The van der Waals surface area contributed by atoms with E-state index >= 15 is 0 Å². The third kappa shape index (κ3) is 5.95. The predicted molar refractivity (Wildman–Crippen MR) is 83.0 cm³/mol. The number of rotatable bonds is 7. The van der Waals surface area contributed by atoms with E-state index in [2.05, 4.69) is 17.6 Å². The molecule has 0 aromatic heterocycles. The molecular formula is C16H24N2O3. The van der Waals surface area contributed by atoms with E-state index in [-0.39, 0.29) is 12.6 Å². The summed E-state index contributed by atoms with van der Waals surface area (Å²) in [5, 5.41) is 14.0. The molecule has 1 aromatic rings. The Morgan fingerprint density at radius 3 is 2.33 bits per heavy atom. The summed E-state index contributed by atoms with van der Waals surface area (Å²) in [4.78, 5) is 23.4. The summed E-state index contributed by atoms with van der Waals surface area (Å²) in [5.74, 6) is -1.45. The number of carbonyl (C=O) groups excluding carboxylic acids is 2. The van der Waals surface area contributed by atoms with Crippen molar-refractivity contribution in [1.29, 1.82) is 0 Å². The van der Waals surface area contributed by atoms with Gasteiger partial charge in [0.2, 0.25) is 0 Å². The topological polar surface area (TPSA) is 78.4 Å². The molecule has 1 aromatic carbocycles. The lowest BCUT2D eigenvalue weighted by atomic mass is 10.1. The van der Waals surface area contributed by atoms with E-state index in [1.54, 1.807) is 12.1 Å². The van der Waals surface area contributed by atoms with E-state index in [1.165, 1.54) is 5.56 Å². The van der Waals surface area contributed by atoms with Crippen molar-refractivity contribution in [3.05, 3.63) is 29.8 Å². The van der Waals surface area contributed by atoms with Gasteiger partial charge in [-0.05, 0) is 37.0 Å². The molecule has 0 radical (unpaired) electrons. The van der Waals surface area contributed by atoms with Crippen molar-refractivity contribution in [3.8, 4) is 0 Å². The van der Waals surface area contributed by atoms with Crippen LogP contribution in [0, 0.1) is 0 Å². The van der Waals surface area contributed by atoms with Crippen molar-refractivity contribution in [1.82, 2.24) is 5.32 Å². The molecule has 0 unspecified atom stereocenters. The first-order valence-corrected chi connectivity index (χ1v) is 7.42. The molecule has 116 valence electrons. The van der Waals surface area contributed by atoms with Gasteiger partial charge in [-0.25, -0.2) is 0 Å². The van der Waals surface area contributed by atoms with E-state index in [4.69, 9.17) is 5.11 Å². The van der Waals surface area contributed by atoms with Gasteiger partial charge in [-0.15, -0.1) is 0 Å². The maximum absolute atomic E-state index is 11.7. The maximum atomic E-state index is 11.7. The molecule has 5 heteroatoms. The fraction of sp³-hybridized carbons (Fsp3) is 0.500. The zero-order chi connectivity index (χ0) is 15.7. The van der Waals surface area contributed by atoms with Gasteiger partial charge in [0.1, 0.15) is 0 Å². The van der Waals surface area contributed by atoms with Gasteiger partial charge in [0.25, 0.3) is 0 Å². The van der Waals surface area contributed by atoms with Gasteiger partial charge in [-0.1, -0.05) is 32.4 Å². The van der Waals surface area contributed by atoms with E-state index in [9.17, 15) is 9.59 Å². The Labute approximate surface area is 125 Å². The lowest BCUT2D eigenvalue weighted by molar-refractivity contribution is -0.136. The number of nitrogens with one attached hydrogen (secondary N) is 2. The summed E-state index contributed by atoms with van der Waals surface area (Å²) in [6, 6.07) is 7.09. The highest BCUT2D eigenvalue weighted by Crippen LogP contribution is 2.11. The normalized spacial score (nSPS) is 11.8. The van der Waals surface area contributed by atoms with Crippen LogP contribution in [0.4, 0.5) is 5.69 Å². The number of benzene rings is 1. The van der Waals surface area contributed by atoms with Gasteiger partial charge in [0.05, 0.1) is 12.6 Å². The van der Waals surface area contributed by atoms with Crippen molar-refractivity contribution in [2.24, 2.45) is 0 Å². The van der Waals surface area contributed by atoms with Crippen LogP contribution in [0.25, 0.3) is 0 Å². The van der Waals surface area contributed by atoms with Gasteiger partial charge < -0.3 is 15.7 Å². The van der Waals surface area contributed by atoms with E-state index < -0.39 is 11.8 Å². The van der Waals surface area contributed by atoms with Crippen LogP contribution in [0.3, 0.4) is 0 Å². The fourth-order valence-corrected chi connectivity index (χ4v) is 1.85. The Balaban J connectivity index is 2.52. The SMILES string of the molecule is CCCCc1ccc(NC(=O)C(=O)N[C@H](CC)CO)cc1. The molecule has 1 atom stereocenters. The quantitative estimate of drug-likeness (QED) is 0.671. The van der Waals surface area contributed by atoms with Crippen LogP contribution in [0.15, 0.2) is 24.3 Å². The highest BCUT2D eigenvalue weighted by Gasteiger charge is 2.17. The molecular weight excluding hydrogens is 268 g/mol. The van der Waals surface area contributed by atoms with Crippen molar-refractivity contribution in [3.63, 3.8) is 0 Å². The van der Waals surface area contributed by atoms with E-state index in [1.807, 2.05) is 19.1 Å². The molecule has 2 amide bonds. The Morgan fingerprint density at radius 1 is 1.14 bits per heavy atom. The average molecular weight is 292 g/mol. The number of aliphatic hydroxyl groups excluding tert-OH is 1. The molecule has 0 spiro atoms. The van der Waals surface area contributed by atoms with E-state index in [0.717, 1.165) is 19.3 Å². The van der Waals surface area contributed by atoms with Gasteiger partial charge in [0.15, 0.2) is 0 Å². The number of anilines is 1. The minimum absolute atomic E-state index is 0.179. The van der Waals surface area contributed by atoms with Crippen molar-refractivity contribution >= 4 is 17.5 Å². The second-order valence-electron chi connectivity index (χ2n) is 5.02. The molecule has 0 aliphatic carbocycles. The average Bonchev–Trinajstić information content (AvgIpc) is 2.51. The first-order chi connectivity index (χ1) is 10.1. The molecule has 0 saturated carbocycles. The van der Waals surface area contributed by atoms with Crippen molar-refractivity contribution < 1.29 is 14.7 Å². The van der Waals surface area contributed by atoms with Gasteiger partial charge >= 0.3 is 11.8 Å². The first-order valence-electron chi connectivity index (χ1n) is 7.42. The summed E-state index contributed by atoms with van der Waals surface area (Å²) in [5.41, 5.74) is 1.80. The standard InChI is InChI=1S/C16H24N2O3/c1-3-5-6-12-7-9-14(10-8-12)18-16(21)15(20)17-13(4-2)11-19/h7-10,13,19H,3-6,11H2,1-2H3,(H,17,20)(H,18,21)/t13-/m1/s1. The Morgan fingerprint density at radius 2 is 1.81 bits per heavy atom. The maximum Gasteiger partial charge on any atom is 0.313 e. The largest absolute Gasteiger partial charge is 0.394 e. The van der Waals surface area contributed by atoms with Crippen molar-refractivity contribution in [2.75, 3.05) is 11.9 Å². The number of amides is 2. The van der Waals surface area contributed by atoms with Crippen LogP contribution in [0.5, 0.6) is 0 Å². The lowest BCUT2D eigenvalue weighted by Crippen LogP contribution is -2.43. The number of aliphatic hydroxyl groups is 1. The number of unbranched alkanes of at least 4 members (excludes halogenated alkanes) is 1. The van der Waals surface area contributed by atoms with Crippen LogP contribution in [0.2, 0.25) is 0 Å². The number of hydrogen-bond acceptors (Lipinski definition) is 3. The number of aryl methyl sites for hydroxylation is 1. The Bertz CT molecular complexity index is 453. The summed E-state index contributed by atoms with van der Waals surface area (Å²) in [6.07, 6.45) is 3.86. The lowest BCUT2D eigenvalue weighted by Gasteiger charge is -2.13. The highest BCUT2D eigenvalue weighted by atomic mass is 16.3. The zero-order valence-corrected chi connectivity index (χ0v) is 12.7. The molecule has 0 aliphatic heterocycles. The van der Waals surface area contributed by atoms with Crippen molar-refractivity contribution in [2.45, 2.75) is 45.6 Å². The van der Waals surface area contributed by atoms with Crippen LogP contribution < -0.4 is 10.6 Å². The Hall–Kier alpha value is -1.88. The molecule has 0 heterocycles. The van der Waals surface area contributed by atoms with Gasteiger partial charge in [-0.3, -0.25) is 9.59 Å². The molecule has 0 fully saturated rings. The smallest absolute Gasteiger partial charge is 0.313 e.